The van der Waals surface area contributed by atoms with Crippen molar-refractivity contribution in [3.8, 4) is 5.75 Å². The molecular formula is C16H16O5. The van der Waals surface area contributed by atoms with Gasteiger partial charge in [0.2, 0.25) is 0 Å². The number of rotatable bonds is 1. The van der Waals surface area contributed by atoms with E-state index in [2.05, 4.69) is 0 Å². The lowest BCUT2D eigenvalue weighted by atomic mass is 9.67. The number of aromatic hydroxyl groups is 1. The number of allylic oxidation sites excluding steroid dienone is 1. The molecule has 0 saturated heterocycles. The van der Waals surface area contributed by atoms with Gasteiger partial charge in [-0.1, -0.05) is 18.2 Å². The lowest BCUT2D eigenvalue weighted by molar-refractivity contribution is -0.150. The second-order valence-corrected chi connectivity index (χ2v) is 5.47. The zero-order chi connectivity index (χ0) is 15.1. The van der Waals surface area contributed by atoms with Crippen LogP contribution in [0.4, 0.5) is 0 Å². The summed E-state index contributed by atoms with van der Waals surface area (Å²) in [6, 6.07) is 4.63. The third-order valence-electron chi connectivity index (χ3n) is 4.21. The van der Waals surface area contributed by atoms with Crippen LogP contribution in [-0.2, 0) is 9.53 Å². The highest BCUT2D eigenvalue weighted by Crippen LogP contribution is 2.47. The van der Waals surface area contributed by atoms with Crippen LogP contribution in [0.25, 0.3) is 0 Å². The number of aliphatic hydroxyl groups excluding tert-OH is 1. The van der Waals surface area contributed by atoms with Crippen molar-refractivity contribution in [1.29, 1.82) is 0 Å². The Morgan fingerprint density at radius 1 is 1.38 bits per heavy atom. The quantitative estimate of drug-likeness (QED) is 0.607. The zero-order valence-electron chi connectivity index (χ0n) is 11.5. The molecule has 1 aromatic rings. The van der Waals surface area contributed by atoms with Crippen molar-refractivity contribution >= 4 is 11.8 Å². The van der Waals surface area contributed by atoms with Crippen LogP contribution >= 0.6 is 0 Å². The summed E-state index contributed by atoms with van der Waals surface area (Å²) < 4.78 is 5.21. The number of phenols is 1. The first-order valence-corrected chi connectivity index (χ1v) is 6.88. The minimum absolute atomic E-state index is 0.108. The standard InChI is InChI=1S/C16H16O5/c1-8(17)21-12-7-3-5-10-14(12)16(20)13-9(15(10)19)4-2-6-11(13)18/h2-4,6-7,10,12,14,16,18,20H,5H2,1H3/t10-,12+,14-,16+/m0/s1. The fourth-order valence-corrected chi connectivity index (χ4v) is 3.34. The zero-order valence-corrected chi connectivity index (χ0v) is 11.5. The number of Topliss-reactive ketones (excluding diaryl/α,β-unsaturated/α-hetero) is 1. The van der Waals surface area contributed by atoms with Crippen molar-refractivity contribution in [2.75, 3.05) is 0 Å². The van der Waals surface area contributed by atoms with Crippen molar-refractivity contribution in [2.24, 2.45) is 11.8 Å². The SMILES string of the molecule is CC(=O)O[C@@H]1C=CC[C@@H]2C(=O)c3cccc(O)c3[C@@H](O)[C@@H]21. The van der Waals surface area contributed by atoms with E-state index in [1.807, 2.05) is 0 Å². The molecule has 2 N–H and O–H groups in total. The molecule has 2 aliphatic carbocycles. The van der Waals surface area contributed by atoms with Crippen LogP contribution < -0.4 is 0 Å². The van der Waals surface area contributed by atoms with Crippen LogP contribution in [0.3, 0.4) is 0 Å². The first-order valence-electron chi connectivity index (χ1n) is 6.88. The van der Waals surface area contributed by atoms with E-state index in [-0.39, 0.29) is 17.1 Å². The number of hydrogen-bond acceptors (Lipinski definition) is 5. The number of phenolic OH excluding ortho intramolecular Hbond substituents is 1. The molecule has 4 atom stereocenters. The number of hydrogen-bond donors (Lipinski definition) is 2. The van der Waals surface area contributed by atoms with Crippen molar-refractivity contribution < 1.29 is 24.5 Å². The number of aliphatic hydroxyl groups is 1. The van der Waals surface area contributed by atoms with Gasteiger partial charge in [0, 0.05) is 29.9 Å². The highest BCUT2D eigenvalue weighted by atomic mass is 16.5. The third kappa shape index (κ3) is 2.14. The molecule has 21 heavy (non-hydrogen) atoms. The largest absolute Gasteiger partial charge is 0.508 e. The van der Waals surface area contributed by atoms with Crippen LogP contribution in [0, 0.1) is 11.8 Å². The van der Waals surface area contributed by atoms with Crippen LogP contribution in [0.2, 0.25) is 0 Å². The van der Waals surface area contributed by atoms with Crippen LogP contribution in [-0.4, -0.2) is 28.1 Å². The molecular weight excluding hydrogens is 272 g/mol. The first-order chi connectivity index (χ1) is 10.0. The Labute approximate surface area is 121 Å². The molecule has 0 radical (unpaired) electrons. The van der Waals surface area contributed by atoms with Gasteiger partial charge in [-0.25, -0.2) is 0 Å². The van der Waals surface area contributed by atoms with Gasteiger partial charge >= 0.3 is 5.97 Å². The third-order valence-corrected chi connectivity index (χ3v) is 4.21. The highest BCUT2D eigenvalue weighted by Gasteiger charge is 2.47. The Hall–Kier alpha value is -2.14. The maximum Gasteiger partial charge on any atom is 0.303 e. The number of benzene rings is 1. The number of carbonyl (C=O) groups is 2. The number of ether oxygens (including phenoxy) is 1. The van der Waals surface area contributed by atoms with Gasteiger partial charge in [0.1, 0.15) is 11.9 Å². The number of fused-ring (bicyclic) bond motifs is 2. The van der Waals surface area contributed by atoms with Gasteiger partial charge in [0.05, 0.1) is 6.10 Å². The van der Waals surface area contributed by atoms with Gasteiger partial charge in [0.15, 0.2) is 5.78 Å². The molecule has 0 aliphatic heterocycles. The van der Waals surface area contributed by atoms with E-state index in [1.54, 1.807) is 24.3 Å². The molecule has 2 aliphatic rings. The van der Waals surface area contributed by atoms with Crippen molar-refractivity contribution in [1.82, 2.24) is 0 Å². The van der Waals surface area contributed by atoms with Crippen molar-refractivity contribution in [3.05, 3.63) is 41.5 Å². The van der Waals surface area contributed by atoms with E-state index in [0.717, 1.165) is 0 Å². The second kappa shape index (κ2) is 5.00. The minimum Gasteiger partial charge on any atom is -0.508 e. The van der Waals surface area contributed by atoms with Crippen molar-refractivity contribution in [2.45, 2.75) is 25.6 Å². The average molecular weight is 288 g/mol. The monoisotopic (exact) mass is 288 g/mol. The minimum atomic E-state index is -1.04. The van der Waals surface area contributed by atoms with Crippen LogP contribution in [0.5, 0.6) is 5.75 Å². The van der Waals surface area contributed by atoms with Gasteiger partial charge in [-0.05, 0) is 18.6 Å². The lowest BCUT2D eigenvalue weighted by Gasteiger charge is -2.40. The number of ketones is 1. The van der Waals surface area contributed by atoms with E-state index >= 15 is 0 Å². The van der Waals surface area contributed by atoms with E-state index in [1.165, 1.54) is 13.0 Å². The first kappa shape index (κ1) is 13.8. The molecule has 0 aromatic heterocycles. The summed E-state index contributed by atoms with van der Waals surface area (Å²) in [4.78, 5) is 23.8. The molecule has 0 unspecified atom stereocenters. The van der Waals surface area contributed by atoms with Gasteiger partial charge in [-0.2, -0.15) is 0 Å². The molecule has 3 rings (SSSR count). The maximum absolute atomic E-state index is 12.6. The normalized spacial score (nSPS) is 30.5. The second-order valence-electron chi connectivity index (χ2n) is 5.47. The Balaban J connectivity index is 2.08. The summed E-state index contributed by atoms with van der Waals surface area (Å²) in [5.41, 5.74) is 0.580. The fourth-order valence-electron chi connectivity index (χ4n) is 3.34. The highest BCUT2D eigenvalue weighted by molar-refractivity contribution is 6.01. The molecule has 0 heterocycles. The summed E-state index contributed by atoms with van der Waals surface area (Å²) in [5, 5.41) is 20.6. The number of esters is 1. The lowest BCUT2D eigenvalue weighted by Crippen LogP contribution is -2.44. The molecule has 5 heteroatoms. The van der Waals surface area contributed by atoms with Gasteiger partial charge in [-0.15, -0.1) is 0 Å². The molecule has 0 bridgehead atoms. The predicted octanol–water partition coefficient (Wildman–Crippen LogP) is 1.75. The smallest absolute Gasteiger partial charge is 0.303 e. The van der Waals surface area contributed by atoms with Crippen LogP contribution in [0.1, 0.15) is 35.4 Å². The maximum atomic E-state index is 12.6. The molecule has 5 nitrogen and oxygen atoms in total. The Morgan fingerprint density at radius 3 is 2.86 bits per heavy atom. The van der Waals surface area contributed by atoms with Gasteiger partial charge < -0.3 is 14.9 Å². The number of carbonyl (C=O) groups excluding carboxylic acids is 2. The Kier molecular flexibility index (Phi) is 3.29. The van der Waals surface area contributed by atoms with Gasteiger partial charge in [-0.3, -0.25) is 9.59 Å². The van der Waals surface area contributed by atoms with E-state index in [0.29, 0.717) is 12.0 Å². The molecule has 1 aromatic carbocycles. The molecule has 0 amide bonds. The summed E-state index contributed by atoms with van der Waals surface area (Å²) in [7, 11) is 0. The summed E-state index contributed by atoms with van der Waals surface area (Å²) >= 11 is 0. The summed E-state index contributed by atoms with van der Waals surface area (Å²) in [6.45, 7) is 1.29. The van der Waals surface area contributed by atoms with Crippen molar-refractivity contribution in [3.63, 3.8) is 0 Å². The molecule has 0 saturated carbocycles. The van der Waals surface area contributed by atoms with E-state index < -0.39 is 30.0 Å². The van der Waals surface area contributed by atoms with Gasteiger partial charge in [0.25, 0.3) is 0 Å². The topological polar surface area (TPSA) is 83.8 Å². The summed E-state index contributed by atoms with van der Waals surface area (Å²) in [5.74, 6) is -1.70. The molecule has 110 valence electrons. The fraction of sp³-hybridized carbons (Fsp3) is 0.375. The summed E-state index contributed by atoms with van der Waals surface area (Å²) in [6.07, 6.45) is 2.29. The Morgan fingerprint density at radius 2 is 2.14 bits per heavy atom. The van der Waals surface area contributed by atoms with E-state index in [4.69, 9.17) is 4.74 Å². The molecule has 0 fully saturated rings. The van der Waals surface area contributed by atoms with E-state index in [9.17, 15) is 19.8 Å². The molecule has 0 spiro atoms. The van der Waals surface area contributed by atoms with Crippen LogP contribution in [0.15, 0.2) is 30.4 Å². The predicted molar refractivity (Wildman–Crippen MR) is 73.7 cm³/mol. The Bertz CT molecular complexity index is 634. The average Bonchev–Trinajstić information content (AvgIpc) is 2.43.